The van der Waals surface area contributed by atoms with Gasteiger partial charge in [0, 0.05) is 32.1 Å². The lowest BCUT2D eigenvalue weighted by molar-refractivity contribution is 0.392. The maximum absolute atomic E-state index is 5.46. The van der Waals surface area contributed by atoms with Gasteiger partial charge < -0.3 is 14.0 Å². The van der Waals surface area contributed by atoms with Gasteiger partial charge in [-0.15, -0.1) is 0 Å². The molecule has 0 aliphatic rings. The van der Waals surface area contributed by atoms with Gasteiger partial charge in [-0.25, -0.2) is 4.98 Å². The molecule has 28 heavy (non-hydrogen) atoms. The molecule has 3 aromatic rings. The van der Waals surface area contributed by atoms with Crippen LogP contribution in [0.1, 0.15) is 48.3 Å². The summed E-state index contributed by atoms with van der Waals surface area (Å²) < 4.78 is 13.0. The van der Waals surface area contributed by atoms with Gasteiger partial charge in [-0.3, -0.25) is 5.32 Å². The van der Waals surface area contributed by atoms with Gasteiger partial charge >= 0.3 is 0 Å². The molecule has 0 saturated heterocycles. The first-order valence-corrected chi connectivity index (χ1v) is 9.54. The molecular weight excluding hydrogens is 350 g/mol. The standard InChI is InChI=1S/C23H29N3O2/c1-16(2)18-8-6-17(7-9-18)15-25-22(23-24-10-11-26(23)3)19-12-20(27-4)14-21(13-19)28-5/h6-14,16,22,25H,15H2,1-5H3. The second-order valence-electron chi connectivity index (χ2n) is 7.25. The average molecular weight is 380 g/mol. The Morgan fingerprint density at radius 2 is 1.61 bits per heavy atom. The van der Waals surface area contributed by atoms with Crippen molar-refractivity contribution in [3.63, 3.8) is 0 Å². The van der Waals surface area contributed by atoms with Crippen molar-refractivity contribution in [2.75, 3.05) is 14.2 Å². The van der Waals surface area contributed by atoms with E-state index >= 15 is 0 Å². The fourth-order valence-corrected chi connectivity index (χ4v) is 3.25. The molecule has 5 heteroatoms. The number of benzene rings is 2. The van der Waals surface area contributed by atoms with Crippen molar-refractivity contribution < 1.29 is 9.47 Å². The molecule has 1 unspecified atom stereocenters. The molecule has 0 bridgehead atoms. The Balaban J connectivity index is 1.89. The zero-order valence-electron chi connectivity index (χ0n) is 17.3. The Bertz CT molecular complexity index is 878. The highest BCUT2D eigenvalue weighted by Crippen LogP contribution is 2.29. The van der Waals surface area contributed by atoms with Crippen molar-refractivity contribution in [3.8, 4) is 11.5 Å². The van der Waals surface area contributed by atoms with Gasteiger partial charge in [-0.05, 0) is 34.7 Å². The molecule has 148 valence electrons. The third-order valence-corrected chi connectivity index (χ3v) is 4.98. The molecule has 0 saturated carbocycles. The smallest absolute Gasteiger partial charge is 0.130 e. The van der Waals surface area contributed by atoms with Crippen LogP contribution < -0.4 is 14.8 Å². The summed E-state index contributed by atoms with van der Waals surface area (Å²) >= 11 is 0. The molecule has 0 aliphatic carbocycles. The zero-order chi connectivity index (χ0) is 20.1. The fraction of sp³-hybridized carbons (Fsp3) is 0.348. The molecule has 0 fully saturated rings. The Labute approximate surface area is 167 Å². The summed E-state index contributed by atoms with van der Waals surface area (Å²) in [6, 6.07) is 14.6. The molecule has 0 aliphatic heterocycles. The number of hydrogen-bond acceptors (Lipinski definition) is 4. The van der Waals surface area contributed by atoms with E-state index in [1.54, 1.807) is 14.2 Å². The number of rotatable bonds is 8. The van der Waals surface area contributed by atoms with E-state index in [2.05, 4.69) is 48.4 Å². The molecule has 0 radical (unpaired) electrons. The van der Waals surface area contributed by atoms with Gasteiger partial charge in [0.05, 0.1) is 20.3 Å². The topological polar surface area (TPSA) is 48.3 Å². The van der Waals surface area contributed by atoms with E-state index in [1.165, 1.54) is 11.1 Å². The van der Waals surface area contributed by atoms with Gasteiger partial charge in [-0.1, -0.05) is 38.1 Å². The fourth-order valence-electron chi connectivity index (χ4n) is 3.25. The normalized spacial score (nSPS) is 12.2. The number of hydrogen-bond donors (Lipinski definition) is 1. The lowest BCUT2D eigenvalue weighted by Crippen LogP contribution is -2.25. The van der Waals surface area contributed by atoms with Crippen LogP contribution in [0.25, 0.3) is 0 Å². The highest BCUT2D eigenvalue weighted by Gasteiger charge is 2.20. The van der Waals surface area contributed by atoms with Crippen LogP contribution in [-0.4, -0.2) is 23.8 Å². The molecular formula is C23H29N3O2. The van der Waals surface area contributed by atoms with E-state index < -0.39 is 0 Å². The largest absolute Gasteiger partial charge is 0.497 e. The van der Waals surface area contributed by atoms with Crippen molar-refractivity contribution in [2.24, 2.45) is 7.05 Å². The van der Waals surface area contributed by atoms with E-state index in [-0.39, 0.29) is 6.04 Å². The summed E-state index contributed by atoms with van der Waals surface area (Å²) in [4.78, 5) is 4.57. The monoisotopic (exact) mass is 379 g/mol. The van der Waals surface area contributed by atoms with Gasteiger partial charge in [0.25, 0.3) is 0 Å². The molecule has 1 N–H and O–H groups in total. The van der Waals surface area contributed by atoms with Gasteiger partial charge in [0.2, 0.25) is 0 Å². The molecule has 1 heterocycles. The predicted molar refractivity (Wildman–Crippen MR) is 112 cm³/mol. The van der Waals surface area contributed by atoms with Gasteiger partial charge in [0.1, 0.15) is 17.3 Å². The molecule has 0 spiro atoms. The first kappa shape index (κ1) is 20.0. The van der Waals surface area contributed by atoms with Crippen LogP contribution in [0.3, 0.4) is 0 Å². The molecule has 1 aromatic heterocycles. The van der Waals surface area contributed by atoms with Crippen LogP contribution in [-0.2, 0) is 13.6 Å². The highest BCUT2D eigenvalue weighted by molar-refractivity contribution is 5.41. The minimum absolute atomic E-state index is 0.0891. The lowest BCUT2D eigenvalue weighted by Gasteiger charge is -2.21. The number of nitrogens with zero attached hydrogens (tertiary/aromatic N) is 2. The van der Waals surface area contributed by atoms with Gasteiger partial charge in [-0.2, -0.15) is 0 Å². The summed E-state index contributed by atoms with van der Waals surface area (Å²) in [6.45, 7) is 5.15. The van der Waals surface area contributed by atoms with Crippen LogP contribution in [0.5, 0.6) is 11.5 Å². The first-order valence-electron chi connectivity index (χ1n) is 9.54. The summed E-state index contributed by atoms with van der Waals surface area (Å²) in [7, 11) is 5.34. The summed E-state index contributed by atoms with van der Waals surface area (Å²) in [6.07, 6.45) is 3.78. The van der Waals surface area contributed by atoms with Crippen molar-refractivity contribution >= 4 is 0 Å². The van der Waals surface area contributed by atoms with Crippen LogP contribution in [0.2, 0.25) is 0 Å². The maximum Gasteiger partial charge on any atom is 0.130 e. The van der Waals surface area contributed by atoms with E-state index in [4.69, 9.17) is 9.47 Å². The highest BCUT2D eigenvalue weighted by atomic mass is 16.5. The van der Waals surface area contributed by atoms with E-state index in [0.717, 1.165) is 29.4 Å². The summed E-state index contributed by atoms with van der Waals surface area (Å²) in [5, 5.41) is 3.65. The molecule has 5 nitrogen and oxygen atoms in total. The van der Waals surface area contributed by atoms with Crippen molar-refractivity contribution in [1.29, 1.82) is 0 Å². The Morgan fingerprint density at radius 3 is 2.11 bits per heavy atom. The average Bonchev–Trinajstić information content (AvgIpc) is 3.13. The molecule has 1 atom stereocenters. The van der Waals surface area contributed by atoms with Crippen molar-refractivity contribution in [2.45, 2.75) is 32.4 Å². The quantitative estimate of drug-likeness (QED) is 0.629. The zero-order valence-corrected chi connectivity index (χ0v) is 17.3. The third kappa shape index (κ3) is 4.54. The Hall–Kier alpha value is -2.79. The van der Waals surface area contributed by atoms with Crippen molar-refractivity contribution in [3.05, 3.63) is 77.4 Å². The number of methoxy groups -OCH3 is 2. The number of aryl methyl sites for hydroxylation is 1. The van der Waals surface area contributed by atoms with E-state index in [1.807, 2.05) is 42.2 Å². The third-order valence-electron chi connectivity index (χ3n) is 4.98. The van der Waals surface area contributed by atoms with E-state index in [0.29, 0.717) is 5.92 Å². The number of aromatic nitrogens is 2. The minimum Gasteiger partial charge on any atom is -0.497 e. The minimum atomic E-state index is -0.0891. The van der Waals surface area contributed by atoms with Crippen LogP contribution in [0.4, 0.5) is 0 Å². The number of ether oxygens (including phenoxy) is 2. The van der Waals surface area contributed by atoms with E-state index in [9.17, 15) is 0 Å². The van der Waals surface area contributed by atoms with Gasteiger partial charge in [0.15, 0.2) is 0 Å². The van der Waals surface area contributed by atoms with Crippen LogP contribution >= 0.6 is 0 Å². The molecule has 2 aromatic carbocycles. The Morgan fingerprint density at radius 1 is 0.964 bits per heavy atom. The maximum atomic E-state index is 5.46. The second kappa shape index (κ2) is 8.93. The molecule has 0 amide bonds. The number of imidazole rings is 1. The number of nitrogens with one attached hydrogen (secondary N) is 1. The SMILES string of the molecule is COc1cc(OC)cc(C(NCc2ccc(C(C)C)cc2)c2nccn2C)c1. The van der Waals surface area contributed by atoms with Crippen LogP contribution in [0, 0.1) is 0 Å². The summed E-state index contributed by atoms with van der Waals surface area (Å²) in [5.41, 5.74) is 3.63. The first-order chi connectivity index (χ1) is 13.5. The van der Waals surface area contributed by atoms with Crippen molar-refractivity contribution in [1.82, 2.24) is 14.9 Å². The summed E-state index contributed by atoms with van der Waals surface area (Å²) in [5.74, 6) is 2.99. The lowest BCUT2D eigenvalue weighted by atomic mass is 10.0. The molecule has 3 rings (SSSR count). The Kier molecular flexibility index (Phi) is 6.37. The predicted octanol–water partition coefficient (Wildman–Crippen LogP) is 4.44. The second-order valence-corrected chi connectivity index (χ2v) is 7.25. The van der Waals surface area contributed by atoms with Crippen LogP contribution in [0.15, 0.2) is 54.9 Å².